The molecule has 1 saturated carbocycles. The Bertz CT molecular complexity index is 1510. The lowest BCUT2D eigenvalue weighted by atomic mass is 9.78. The Morgan fingerprint density at radius 1 is 1.13 bits per heavy atom. The highest BCUT2D eigenvalue weighted by Crippen LogP contribution is 2.40. The molecule has 5 rings (SSSR count). The minimum Gasteiger partial charge on any atom is -0.493 e. The summed E-state index contributed by atoms with van der Waals surface area (Å²) in [4.78, 5) is 24.9. The van der Waals surface area contributed by atoms with Gasteiger partial charge in [-0.3, -0.25) is 0 Å². The third-order valence-corrected chi connectivity index (χ3v) is 6.91. The van der Waals surface area contributed by atoms with Crippen LogP contribution in [0.25, 0.3) is 21.8 Å². The minimum atomic E-state index is -0.904. The number of methoxy groups -OCH3 is 1. The summed E-state index contributed by atoms with van der Waals surface area (Å²) < 4.78 is 32.7. The van der Waals surface area contributed by atoms with E-state index in [4.69, 9.17) is 14.2 Å². The molecule has 1 aliphatic rings. The quantitative estimate of drug-likeness (QED) is 0.293. The van der Waals surface area contributed by atoms with E-state index >= 15 is 4.39 Å². The van der Waals surface area contributed by atoms with E-state index in [1.807, 2.05) is 27.7 Å². The van der Waals surface area contributed by atoms with Gasteiger partial charge in [-0.2, -0.15) is 0 Å². The average Bonchev–Trinajstić information content (AvgIpc) is 3.21. The van der Waals surface area contributed by atoms with Crippen LogP contribution in [0.4, 0.5) is 9.18 Å². The van der Waals surface area contributed by atoms with Crippen LogP contribution in [-0.4, -0.2) is 56.3 Å². The fourth-order valence-electron chi connectivity index (χ4n) is 5.11. The molecule has 1 aliphatic carbocycles. The molecule has 38 heavy (non-hydrogen) atoms. The molecule has 2 aromatic carbocycles. The molecule has 10 heteroatoms. The standard InChI is InChI=1S/C28H31FN4O5/c1-15-8-18-20(32-15)6-7-22(25(18)29)38-26-19-11-23(36-5)24(12-21(19)30-14-31-26)37-13-16-9-17(10-16)33(27(34)35)28(2,3)4/h6-8,11-12,14,16-17,32H,9-10,13H2,1-5H3,(H,34,35)/t16-,17-. The Kier molecular flexibility index (Phi) is 6.50. The molecular weight excluding hydrogens is 491 g/mol. The van der Waals surface area contributed by atoms with Crippen molar-refractivity contribution in [2.45, 2.75) is 52.1 Å². The maximum Gasteiger partial charge on any atom is 0.407 e. The van der Waals surface area contributed by atoms with E-state index in [2.05, 4.69) is 15.0 Å². The lowest BCUT2D eigenvalue weighted by molar-refractivity contribution is 0.00651. The van der Waals surface area contributed by atoms with Gasteiger partial charge < -0.3 is 29.2 Å². The highest BCUT2D eigenvalue weighted by molar-refractivity contribution is 5.87. The van der Waals surface area contributed by atoms with Gasteiger partial charge in [0.15, 0.2) is 23.1 Å². The van der Waals surface area contributed by atoms with E-state index in [1.165, 1.54) is 18.3 Å². The summed E-state index contributed by atoms with van der Waals surface area (Å²) >= 11 is 0. The molecule has 0 bridgehead atoms. The fourth-order valence-corrected chi connectivity index (χ4v) is 5.11. The van der Waals surface area contributed by atoms with Gasteiger partial charge in [0, 0.05) is 34.2 Å². The van der Waals surface area contributed by atoms with Crippen molar-refractivity contribution < 1.29 is 28.5 Å². The van der Waals surface area contributed by atoms with Crippen molar-refractivity contribution in [2.24, 2.45) is 5.92 Å². The number of halogens is 1. The second kappa shape index (κ2) is 9.66. The van der Waals surface area contributed by atoms with Gasteiger partial charge in [0.25, 0.3) is 0 Å². The number of benzene rings is 2. The van der Waals surface area contributed by atoms with Crippen LogP contribution < -0.4 is 14.2 Å². The zero-order valence-corrected chi connectivity index (χ0v) is 22.0. The number of rotatable bonds is 7. The number of aromatic amines is 1. The molecule has 2 aromatic heterocycles. The number of aromatic nitrogens is 3. The third kappa shape index (κ3) is 4.78. The number of fused-ring (bicyclic) bond motifs is 2. The number of ether oxygens (including phenoxy) is 3. The molecule has 9 nitrogen and oxygen atoms in total. The smallest absolute Gasteiger partial charge is 0.407 e. The Balaban J connectivity index is 1.33. The number of amides is 1. The summed E-state index contributed by atoms with van der Waals surface area (Å²) in [5.74, 6) is 0.978. The first-order valence-electron chi connectivity index (χ1n) is 12.5. The van der Waals surface area contributed by atoms with E-state index in [0.717, 1.165) is 18.5 Å². The van der Waals surface area contributed by atoms with Crippen LogP contribution >= 0.6 is 0 Å². The third-order valence-electron chi connectivity index (χ3n) is 6.91. The highest BCUT2D eigenvalue weighted by atomic mass is 19.1. The lowest BCUT2D eigenvalue weighted by Crippen LogP contribution is -2.56. The second-order valence-corrected chi connectivity index (χ2v) is 10.7. The number of carboxylic acid groups (broad SMARTS) is 1. The number of hydrogen-bond donors (Lipinski definition) is 2. The Morgan fingerprint density at radius 2 is 1.89 bits per heavy atom. The molecule has 0 radical (unpaired) electrons. The highest BCUT2D eigenvalue weighted by Gasteiger charge is 2.41. The normalized spacial score (nSPS) is 17.3. The van der Waals surface area contributed by atoms with Crippen LogP contribution in [0.15, 0.2) is 36.7 Å². The van der Waals surface area contributed by atoms with E-state index in [-0.39, 0.29) is 23.6 Å². The van der Waals surface area contributed by atoms with E-state index in [0.29, 0.717) is 39.9 Å². The molecular formula is C28H31FN4O5. The molecule has 1 fully saturated rings. The van der Waals surface area contributed by atoms with Gasteiger partial charge in [0.2, 0.25) is 5.88 Å². The molecule has 0 saturated heterocycles. The number of aryl methyl sites for hydroxylation is 1. The lowest BCUT2D eigenvalue weighted by Gasteiger charge is -2.47. The maximum absolute atomic E-state index is 15.1. The average molecular weight is 523 g/mol. The van der Waals surface area contributed by atoms with Crippen molar-refractivity contribution in [2.75, 3.05) is 13.7 Å². The summed E-state index contributed by atoms with van der Waals surface area (Å²) in [7, 11) is 1.54. The van der Waals surface area contributed by atoms with Crippen LogP contribution in [0, 0.1) is 18.7 Å². The number of carbonyl (C=O) groups is 1. The molecule has 0 spiro atoms. The van der Waals surface area contributed by atoms with Gasteiger partial charge in [-0.25, -0.2) is 19.2 Å². The maximum atomic E-state index is 15.1. The van der Waals surface area contributed by atoms with Gasteiger partial charge in [0.1, 0.15) is 6.33 Å². The molecule has 2 N–H and O–H groups in total. The first kappa shape index (κ1) is 25.6. The van der Waals surface area contributed by atoms with Gasteiger partial charge >= 0.3 is 6.09 Å². The first-order valence-corrected chi connectivity index (χ1v) is 12.5. The molecule has 1 amide bonds. The van der Waals surface area contributed by atoms with Crippen LogP contribution in [0.2, 0.25) is 0 Å². The van der Waals surface area contributed by atoms with Gasteiger partial charge in [-0.15, -0.1) is 0 Å². The van der Waals surface area contributed by atoms with Crippen LogP contribution in [0.3, 0.4) is 0 Å². The van der Waals surface area contributed by atoms with E-state index < -0.39 is 17.4 Å². The second-order valence-electron chi connectivity index (χ2n) is 10.7. The zero-order chi connectivity index (χ0) is 27.2. The molecule has 4 aromatic rings. The van der Waals surface area contributed by atoms with Crippen molar-refractivity contribution in [1.82, 2.24) is 19.9 Å². The van der Waals surface area contributed by atoms with Crippen molar-refractivity contribution in [1.29, 1.82) is 0 Å². The number of H-pyrrole nitrogens is 1. The number of hydrogen-bond acceptors (Lipinski definition) is 6. The molecule has 0 atom stereocenters. The summed E-state index contributed by atoms with van der Waals surface area (Å²) in [6, 6.07) is 8.49. The Labute approximate surface area is 219 Å². The summed E-state index contributed by atoms with van der Waals surface area (Å²) in [6.07, 6.45) is 1.92. The molecule has 0 unspecified atom stereocenters. The Morgan fingerprint density at radius 3 is 2.58 bits per heavy atom. The van der Waals surface area contributed by atoms with Crippen LogP contribution in [0.5, 0.6) is 23.1 Å². The Hall–Kier alpha value is -4.08. The summed E-state index contributed by atoms with van der Waals surface area (Å²) in [5, 5.41) is 10.6. The van der Waals surface area contributed by atoms with Gasteiger partial charge in [-0.05, 0) is 70.7 Å². The van der Waals surface area contributed by atoms with Crippen molar-refractivity contribution >= 4 is 27.9 Å². The predicted molar refractivity (Wildman–Crippen MR) is 141 cm³/mol. The van der Waals surface area contributed by atoms with Gasteiger partial charge in [0.05, 0.1) is 24.6 Å². The summed E-state index contributed by atoms with van der Waals surface area (Å²) in [6.45, 7) is 7.99. The van der Waals surface area contributed by atoms with Crippen LogP contribution in [0.1, 0.15) is 39.3 Å². The van der Waals surface area contributed by atoms with Crippen LogP contribution in [-0.2, 0) is 0 Å². The first-order chi connectivity index (χ1) is 18.0. The van der Waals surface area contributed by atoms with Gasteiger partial charge in [-0.1, -0.05) is 0 Å². The van der Waals surface area contributed by atoms with Crippen molar-refractivity contribution in [3.8, 4) is 23.1 Å². The monoisotopic (exact) mass is 522 g/mol. The number of nitrogens with zero attached hydrogens (tertiary/aromatic N) is 3. The molecule has 200 valence electrons. The SMILES string of the molecule is COc1cc2c(Oc3ccc4[nH]c(C)cc4c3F)ncnc2cc1OC[C@H]1C[C@H](N(C(=O)O)C(C)(C)C)C1. The predicted octanol–water partition coefficient (Wildman–Crippen LogP) is 6.30. The van der Waals surface area contributed by atoms with Crippen molar-refractivity contribution in [3.63, 3.8) is 0 Å². The topological polar surface area (TPSA) is 110 Å². The van der Waals surface area contributed by atoms with E-state index in [1.54, 1.807) is 30.3 Å². The number of nitrogens with one attached hydrogen (secondary N) is 1. The zero-order valence-electron chi connectivity index (χ0n) is 22.0. The molecule has 2 heterocycles. The molecule has 0 aliphatic heterocycles. The fraction of sp³-hybridized carbons (Fsp3) is 0.393. The summed E-state index contributed by atoms with van der Waals surface area (Å²) in [5.41, 5.74) is 1.64. The largest absolute Gasteiger partial charge is 0.493 e. The van der Waals surface area contributed by atoms with E-state index in [9.17, 15) is 9.90 Å². The minimum absolute atomic E-state index is 0.0261. The van der Waals surface area contributed by atoms with Crippen molar-refractivity contribution in [3.05, 3.63) is 48.2 Å².